The molecule has 1 aliphatic rings. The topological polar surface area (TPSA) is 55.8 Å². The number of anilines is 2. The van der Waals surface area contributed by atoms with Gasteiger partial charge < -0.3 is 20.2 Å². The number of piperazine rings is 1. The van der Waals surface area contributed by atoms with Gasteiger partial charge in [-0.3, -0.25) is 4.79 Å². The van der Waals surface area contributed by atoms with Crippen LogP contribution in [0.4, 0.5) is 11.4 Å². The summed E-state index contributed by atoms with van der Waals surface area (Å²) in [7, 11) is 0. The van der Waals surface area contributed by atoms with Crippen LogP contribution < -0.4 is 10.2 Å². The molecule has 1 saturated heterocycles. The molecule has 0 saturated carbocycles. The molecule has 140 valence electrons. The van der Waals surface area contributed by atoms with Gasteiger partial charge in [0.05, 0.1) is 27.6 Å². The van der Waals surface area contributed by atoms with Crippen LogP contribution in [0.25, 0.3) is 0 Å². The van der Waals surface area contributed by atoms with Crippen molar-refractivity contribution in [2.45, 2.75) is 6.10 Å². The fraction of sp³-hybridized carbons (Fsp3) is 0.389. The van der Waals surface area contributed by atoms with Crippen LogP contribution in [-0.4, -0.2) is 60.6 Å². The average molecular weight is 414 g/mol. The highest BCUT2D eigenvalue weighted by Crippen LogP contribution is 2.30. The van der Waals surface area contributed by atoms with E-state index in [0.29, 0.717) is 24.7 Å². The first-order valence-corrected chi connectivity index (χ1v) is 10.2. The number of nitrogens with zero attached hydrogens (tertiary/aromatic N) is 2. The lowest BCUT2D eigenvalue weighted by molar-refractivity contribution is 0.0751. The Hall–Kier alpha value is -1.47. The second-order valence-corrected chi connectivity index (χ2v) is 7.78. The normalized spacial score (nSPS) is 15.8. The minimum absolute atomic E-state index is 0.100. The summed E-state index contributed by atoms with van der Waals surface area (Å²) in [5.74, 6) is 0.288. The first-order chi connectivity index (χ1) is 12.6. The van der Waals surface area contributed by atoms with Crippen LogP contribution in [0, 0.1) is 0 Å². The van der Waals surface area contributed by atoms with Gasteiger partial charge in [-0.15, -0.1) is 22.9 Å². The van der Waals surface area contributed by atoms with Crippen LogP contribution in [0.1, 0.15) is 9.67 Å². The summed E-state index contributed by atoms with van der Waals surface area (Å²) in [6.45, 7) is 3.22. The van der Waals surface area contributed by atoms with Gasteiger partial charge in [-0.05, 0) is 29.6 Å². The molecule has 1 atom stereocenters. The van der Waals surface area contributed by atoms with Gasteiger partial charge in [0, 0.05) is 38.4 Å². The molecule has 5 nitrogen and oxygen atoms in total. The Morgan fingerprint density at radius 1 is 1.27 bits per heavy atom. The number of carbonyl (C=O) groups is 1. The lowest BCUT2D eigenvalue weighted by atomic mass is 10.2. The number of carbonyl (C=O) groups excluding carboxylic acids is 1. The molecule has 26 heavy (non-hydrogen) atoms. The minimum Gasteiger partial charge on any atom is -0.390 e. The number of amides is 1. The van der Waals surface area contributed by atoms with Gasteiger partial charge in [0.1, 0.15) is 0 Å². The van der Waals surface area contributed by atoms with Crippen LogP contribution >= 0.6 is 34.5 Å². The molecule has 0 aliphatic carbocycles. The SMILES string of the molecule is O=C(c1cccs1)N1CCN(c2ccc(NCC(O)CCl)cc2Cl)CC1. The number of hydrogen-bond acceptors (Lipinski definition) is 5. The third kappa shape index (κ3) is 4.62. The molecule has 2 N–H and O–H groups in total. The highest BCUT2D eigenvalue weighted by Gasteiger charge is 2.23. The van der Waals surface area contributed by atoms with E-state index in [-0.39, 0.29) is 11.8 Å². The van der Waals surface area contributed by atoms with Gasteiger partial charge in [0.15, 0.2) is 0 Å². The summed E-state index contributed by atoms with van der Waals surface area (Å²) in [5, 5.41) is 15.2. The van der Waals surface area contributed by atoms with Crippen LogP contribution in [0.3, 0.4) is 0 Å². The maximum absolute atomic E-state index is 12.4. The molecule has 8 heteroatoms. The summed E-state index contributed by atoms with van der Waals surface area (Å²) < 4.78 is 0. The van der Waals surface area contributed by atoms with E-state index >= 15 is 0 Å². The Balaban J connectivity index is 1.58. The van der Waals surface area contributed by atoms with Crippen molar-refractivity contribution in [1.29, 1.82) is 0 Å². The Kier molecular flexibility index (Phi) is 6.64. The molecule has 1 fully saturated rings. The van der Waals surface area contributed by atoms with Gasteiger partial charge >= 0.3 is 0 Å². The first-order valence-electron chi connectivity index (χ1n) is 8.43. The van der Waals surface area contributed by atoms with E-state index < -0.39 is 6.10 Å². The van der Waals surface area contributed by atoms with Crippen LogP contribution in [0.2, 0.25) is 5.02 Å². The molecule has 1 amide bonds. The van der Waals surface area contributed by atoms with Gasteiger partial charge in [-0.25, -0.2) is 0 Å². The van der Waals surface area contributed by atoms with Gasteiger partial charge in [0.2, 0.25) is 0 Å². The zero-order chi connectivity index (χ0) is 18.5. The number of aliphatic hydroxyl groups is 1. The molecule has 2 heterocycles. The maximum Gasteiger partial charge on any atom is 0.264 e. The number of hydrogen-bond donors (Lipinski definition) is 2. The summed E-state index contributed by atoms with van der Waals surface area (Å²) >= 11 is 13.5. The highest BCUT2D eigenvalue weighted by atomic mass is 35.5. The monoisotopic (exact) mass is 413 g/mol. The predicted molar refractivity (Wildman–Crippen MR) is 109 cm³/mol. The summed E-state index contributed by atoms with van der Waals surface area (Å²) in [4.78, 5) is 17.3. The van der Waals surface area contributed by atoms with Gasteiger partial charge in [-0.1, -0.05) is 17.7 Å². The number of halogens is 2. The largest absolute Gasteiger partial charge is 0.390 e. The number of nitrogens with one attached hydrogen (secondary N) is 1. The third-order valence-electron chi connectivity index (χ3n) is 4.31. The predicted octanol–water partition coefficient (Wildman–Crippen LogP) is 3.38. The van der Waals surface area contributed by atoms with E-state index in [2.05, 4.69) is 10.2 Å². The van der Waals surface area contributed by atoms with Crippen molar-refractivity contribution >= 4 is 51.8 Å². The number of alkyl halides is 1. The molecule has 0 spiro atoms. The molecule has 0 bridgehead atoms. The molecule has 1 aromatic heterocycles. The molecular formula is C18H21Cl2N3O2S. The van der Waals surface area contributed by atoms with Crippen LogP contribution in [0.15, 0.2) is 35.7 Å². The van der Waals surface area contributed by atoms with Crippen LogP contribution in [0.5, 0.6) is 0 Å². The smallest absolute Gasteiger partial charge is 0.264 e. The molecular weight excluding hydrogens is 393 g/mol. The van der Waals surface area contributed by atoms with Crippen molar-refractivity contribution in [3.63, 3.8) is 0 Å². The van der Waals surface area contributed by atoms with Gasteiger partial charge in [-0.2, -0.15) is 0 Å². The van der Waals surface area contributed by atoms with E-state index in [4.69, 9.17) is 23.2 Å². The fourth-order valence-corrected chi connectivity index (χ4v) is 3.97. The van der Waals surface area contributed by atoms with E-state index in [1.165, 1.54) is 11.3 Å². The quantitative estimate of drug-likeness (QED) is 0.712. The zero-order valence-corrected chi connectivity index (χ0v) is 16.5. The lowest BCUT2D eigenvalue weighted by Gasteiger charge is -2.36. The molecule has 1 aliphatic heterocycles. The van der Waals surface area contributed by atoms with E-state index in [1.54, 1.807) is 0 Å². The second kappa shape index (κ2) is 8.95. The molecule has 3 rings (SSSR count). The molecule has 1 aromatic carbocycles. The fourth-order valence-electron chi connectivity index (χ4n) is 2.87. The number of rotatable bonds is 6. The van der Waals surface area contributed by atoms with E-state index in [1.807, 2.05) is 40.6 Å². The molecule has 0 radical (unpaired) electrons. The summed E-state index contributed by atoms with van der Waals surface area (Å²) in [5.41, 5.74) is 1.80. The van der Waals surface area contributed by atoms with Crippen molar-refractivity contribution in [3.8, 4) is 0 Å². The summed E-state index contributed by atoms with van der Waals surface area (Å²) in [6.07, 6.45) is -0.593. The number of benzene rings is 1. The minimum atomic E-state index is -0.593. The Labute approximate surface area is 167 Å². The molecule has 1 unspecified atom stereocenters. The molecule has 2 aromatic rings. The van der Waals surface area contributed by atoms with Crippen molar-refractivity contribution in [3.05, 3.63) is 45.6 Å². The standard InChI is InChI=1S/C18H21Cl2N3O2S/c19-11-14(24)12-21-13-3-4-16(15(20)10-13)22-5-7-23(8-6-22)18(25)17-2-1-9-26-17/h1-4,9-10,14,21,24H,5-8,11-12H2. The maximum atomic E-state index is 12.4. The van der Waals surface area contributed by atoms with E-state index in [0.717, 1.165) is 29.3 Å². The highest BCUT2D eigenvalue weighted by molar-refractivity contribution is 7.12. The number of thiophene rings is 1. The average Bonchev–Trinajstić information content (AvgIpc) is 3.20. The summed E-state index contributed by atoms with van der Waals surface area (Å²) in [6, 6.07) is 9.51. The van der Waals surface area contributed by atoms with Crippen molar-refractivity contribution in [2.75, 3.05) is 48.8 Å². The van der Waals surface area contributed by atoms with E-state index in [9.17, 15) is 9.90 Å². The number of aliphatic hydroxyl groups excluding tert-OH is 1. The van der Waals surface area contributed by atoms with Crippen molar-refractivity contribution in [1.82, 2.24) is 4.90 Å². The third-order valence-corrected chi connectivity index (χ3v) is 5.82. The zero-order valence-electron chi connectivity index (χ0n) is 14.2. The second-order valence-electron chi connectivity index (χ2n) is 6.11. The van der Waals surface area contributed by atoms with Crippen molar-refractivity contribution in [2.24, 2.45) is 0 Å². The Bertz CT molecular complexity index is 734. The van der Waals surface area contributed by atoms with Crippen LogP contribution in [-0.2, 0) is 0 Å². The Morgan fingerprint density at radius 3 is 2.65 bits per heavy atom. The van der Waals surface area contributed by atoms with Gasteiger partial charge in [0.25, 0.3) is 5.91 Å². The van der Waals surface area contributed by atoms with Crippen molar-refractivity contribution < 1.29 is 9.90 Å². The Morgan fingerprint density at radius 2 is 2.04 bits per heavy atom. The lowest BCUT2D eigenvalue weighted by Crippen LogP contribution is -2.48. The first kappa shape index (κ1) is 19.3.